The summed E-state index contributed by atoms with van der Waals surface area (Å²) in [6, 6.07) is 4.81. The predicted molar refractivity (Wildman–Crippen MR) is 89.7 cm³/mol. The number of nitrogens with zero attached hydrogens (tertiary/aromatic N) is 2. The molecule has 4 heterocycles. The molecule has 2 aliphatic heterocycles. The molecule has 0 aliphatic carbocycles. The number of hydrogen-bond donors (Lipinski definition) is 1. The van der Waals surface area contributed by atoms with Crippen LogP contribution in [-0.4, -0.2) is 47.1 Å². The van der Waals surface area contributed by atoms with Crippen molar-refractivity contribution in [3.8, 4) is 0 Å². The van der Waals surface area contributed by atoms with Gasteiger partial charge in [0.15, 0.2) is 11.6 Å². The quantitative estimate of drug-likeness (QED) is 0.928. The van der Waals surface area contributed by atoms with E-state index >= 15 is 0 Å². The summed E-state index contributed by atoms with van der Waals surface area (Å²) >= 11 is 1.52. The van der Waals surface area contributed by atoms with Crippen LogP contribution < -0.4 is 5.32 Å². The summed E-state index contributed by atoms with van der Waals surface area (Å²) in [5.74, 6) is -0.0459. The second-order valence-corrected chi connectivity index (χ2v) is 7.14. The van der Waals surface area contributed by atoms with Gasteiger partial charge in [-0.2, -0.15) is 11.3 Å². The van der Waals surface area contributed by atoms with Crippen LogP contribution in [0.15, 0.2) is 35.2 Å². The fourth-order valence-corrected chi connectivity index (χ4v) is 4.12. The van der Waals surface area contributed by atoms with Crippen LogP contribution in [0, 0.1) is 5.82 Å². The first-order chi connectivity index (χ1) is 11.7. The van der Waals surface area contributed by atoms with E-state index in [1.807, 2.05) is 21.7 Å². The van der Waals surface area contributed by atoms with Gasteiger partial charge in [-0.05, 0) is 30.0 Å². The highest BCUT2D eigenvalue weighted by Crippen LogP contribution is 2.36. The van der Waals surface area contributed by atoms with Gasteiger partial charge in [0, 0.05) is 24.5 Å². The smallest absolute Gasteiger partial charge is 0.254 e. The van der Waals surface area contributed by atoms with E-state index in [-0.39, 0.29) is 29.2 Å². The van der Waals surface area contributed by atoms with Gasteiger partial charge < -0.3 is 15.0 Å². The molecule has 2 saturated heterocycles. The normalized spacial score (nSPS) is 26.2. The summed E-state index contributed by atoms with van der Waals surface area (Å²) < 4.78 is 19.7. The van der Waals surface area contributed by atoms with E-state index in [0.717, 1.165) is 18.4 Å². The Labute approximate surface area is 143 Å². The molecule has 1 spiro atoms. The van der Waals surface area contributed by atoms with Gasteiger partial charge in [-0.1, -0.05) is 0 Å². The van der Waals surface area contributed by atoms with Crippen molar-refractivity contribution >= 4 is 23.1 Å². The lowest BCUT2D eigenvalue weighted by Crippen LogP contribution is -2.36. The summed E-state index contributed by atoms with van der Waals surface area (Å²) in [5.41, 5.74) is 0.412. The fraction of sp³-hybridized carbons (Fsp3) is 0.412. The fourth-order valence-electron chi connectivity index (χ4n) is 3.49. The van der Waals surface area contributed by atoms with Gasteiger partial charge in [0.05, 0.1) is 30.4 Å². The third-order valence-electron chi connectivity index (χ3n) is 4.68. The molecular weight excluding hydrogens is 329 g/mol. The van der Waals surface area contributed by atoms with Crippen molar-refractivity contribution in [2.24, 2.45) is 0 Å². The minimum atomic E-state index is -0.362. The first-order valence-electron chi connectivity index (χ1n) is 7.98. The van der Waals surface area contributed by atoms with Gasteiger partial charge in [-0.3, -0.25) is 4.79 Å². The van der Waals surface area contributed by atoms with Crippen LogP contribution in [0.1, 0.15) is 23.2 Å². The van der Waals surface area contributed by atoms with Gasteiger partial charge in [-0.15, -0.1) is 0 Å². The Hall–Kier alpha value is -1.99. The Balaban J connectivity index is 1.40. The monoisotopic (exact) mass is 347 g/mol. The number of aromatic nitrogens is 1. The molecule has 4 rings (SSSR count). The minimum absolute atomic E-state index is 0.00518. The van der Waals surface area contributed by atoms with Gasteiger partial charge in [0.25, 0.3) is 5.91 Å². The van der Waals surface area contributed by atoms with Crippen molar-refractivity contribution in [2.75, 3.05) is 25.0 Å². The van der Waals surface area contributed by atoms with Crippen LogP contribution >= 0.6 is 11.3 Å². The predicted octanol–water partition coefficient (Wildman–Crippen LogP) is 2.77. The summed E-state index contributed by atoms with van der Waals surface area (Å²) in [6.45, 7) is 1.78. The van der Waals surface area contributed by atoms with Crippen LogP contribution in [0.5, 0.6) is 0 Å². The second kappa shape index (κ2) is 6.14. The van der Waals surface area contributed by atoms with Crippen LogP contribution in [0.3, 0.4) is 0 Å². The molecule has 24 heavy (non-hydrogen) atoms. The molecule has 2 atom stereocenters. The number of halogens is 1. The van der Waals surface area contributed by atoms with Crippen molar-refractivity contribution in [2.45, 2.75) is 24.5 Å². The summed E-state index contributed by atoms with van der Waals surface area (Å²) in [6.07, 6.45) is 3.12. The Morgan fingerprint density at radius 2 is 2.42 bits per heavy atom. The first-order valence-corrected chi connectivity index (χ1v) is 8.92. The number of amides is 1. The number of hydrogen-bond acceptors (Lipinski definition) is 5. The maximum Gasteiger partial charge on any atom is 0.254 e. The molecule has 2 aromatic heterocycles. The van der Waals surface area contributed by atoms with E-state index in [9.17, 15) is 9.18 Å². The number of rotatable bonds is 3. The lowest BCUT2D eigenvalue weighted by Gasteiger charge is -2.23. The molecule has 2 fully saturated rings. The zero-order valence-electron chi connectivity index (χ0n) is 13.1. The third-order valence-corrected chi connectivity index (χ3v) is 5.36. The number of ether oxygens (including phenoxy) is 1. The number of anilines is 1. The molecule has 7 heteroatoms. The average Bonchev–Trinajstić information content (AvgIpc) is 3.32. The van der Waals surface area contributed by atoms with Crippen molar-refractivity contribution in [3.05, 3.63) is 46.5 Å². The molecule has 0 radical (unpaired) electrons. The number of thiophene rings is 1. The second-order valence-electron chi connectivity index (χ2n) is 6.36. The first kappa shape index (κ1) is 15.5. The highest BCUT2D eigenvalue weighted by molar-refractivity contribution is 7.08. The molecule has 2 aromatic rings. The zero-order chi connectivity index (χ0) is 16.6. The Morgan fingerprint density at radius 3 is 3.21 bits per heavy atom. The van der Waals surface area contributed by atoms with Gasteiger partial charge in [-0.25, -0.2) is 9.37 Å². The minimum Gasteiger partial charge on any atom is -0.371 e. The topological polar surface area (TPSA) is 54.5 Å². The SMILES string of the molecule is O=C(c1ccsc1)N1CCC2(CC(Nc3ncccc3F)CO2)C1. The van der Waals surface area contributed by atoms with E-state index in [1.165, 1.54) is 17.4 Å². The van der Waals surface area contributed by atoms with Crippen LogP contribution in [0.4, 0.5) is 10.2 Å². The zero-order valence-corrected chi connectivity index (χ0v) is 13.9. The number of pyridine rings is 1. The molecule has 126 valence electrons. The van der Waals surface area contributed by atoms with Crippen molar-refractivity contribution in [1.82, 2.24) is 9.88 Å². The molecule has 0 aromatic carbocycles. The molecule has 1 N–H and O–H groups in total. The van der Waals surface area contributed by atoms with Crippen molar-refractivity contribution in [3.63, 3.8) is 0 Å². The van der Waals surface area contributed by atoms with E-state index < -0.39 is 0 Å². The van der Waals surface area contributed by atoms with E-state index in [0.29, 0.717) is 19.7 Å². The van der Waals surface area contributed by atoms with Crippen molar-refractivity contribution in [1.29, 1.82) is 0 Å². The lowest BCUT2D eigenvalue weighted by molar-refractivity contribution is 0.0125. The molecule has 1 amide bonds. The Kier molecular flexibility index (Phi) is 3.97. The van der Waals surface area contributed by atoms with Crippen LogP contribution in [0.2, 0.25) is 0 Å². The third kappa shape index (κ3) is 2.89. The van der Waals surface area contributed by atoms with E-state index in [1.54, 1.807) is 12.3 Å². The highest BCUT2D eigenvalue weighted by atomic mass is 32.1. The summed E-state index contributed by atoms with van der Waals surface area (Å²) in [5, 5.41) is 6.90. The van der Waals surface area contributed by atoms with E-state index in [4.69, 9.17) is 4.74 Å². The van der Waals surface area contributed by atoms with E-state index in [2.05, 4.69) is 10.3 Å². The standard InChI is InChI=1S/C17H18FN3O2S/c18-14-2-1-5-19-15(14)20-13-8-17(23-9-13)4-6-21(11-17)16(22)12-3-7-24-10-12/h1-3,5,7,10,13H,4,6,8-9,11H2,(H,19,20). The van der Waals surface area contributed by atoms with Gasteiger partial charge in [0.1, 0.15) is 0 Å². The maximum absolute atomic E-state index is 13.7. The van der Waals surface area contributed by atoms with Gasteiger partial charge in [0.2, 0.25) is 0 Å². The van der Waals surface area contributed by atoms with Crippen LogP contribution in [0.25, 0.3) is 0 Å². The number of carbonyl (C=O) groups is 1. The lowest BCUT2D eigenvalue weighted by atomic mass is 9.97. The number of likely N-dealkylation sites (tertiary alicyclic amines) is 1. The molecule has 0 saturated carbocycles. The maximum atomic E-state index is 13.7. The highest BCUT2D eigenvalue weighted by Gasteiger charge is 2.47. The molecule has 0 bridgehead atoms. The molecular formula is C17H18FN3O2S. The number of carbonyl (C=O) groups excluding carboxylic acids is 1. The largest absolute Gasteiger partial charge is 0.371 e. The van der Waals surface area contributed by atoms with Gasteiger partial charge >= 0.3 is 0 Å². The average molecular weight is 347 g/mol. The Bertz CT molecular complexity index is 739. The molecule has 5 nitrogen and oxygen atoms in total. The molecule has 2 aliphatic rings. The van der Waals surface area contributed by atoms with Crippen LogP contribution in [-0.2, 0) is 4.74 Å². The number of nitrogens with one attached hydrogen (secondary N) is 1. The van der Waals surface area contributed by atoms with Crippen molar-refractivity contribution < 1.29 is 13.9 Å². The summed E-state index contributed by atoms with van der Waals surface area (Å²) in [7, 11) is 0. The molecule has 2 unspecified atom stereocenters. The Morgan fingerprint density at radius 1 is 1.50 bits per heavy atom. The summed E-state index contributed by atoms with van der Waals surface area (Å²) in [4.78, 5) is 18.3.